The van der Waals surface area contributed by atoms with E-state index in [1.165, 1.54) is 0 Å². The molecule has 2 amide bonds. The zero-order chi connectivity index (χ0) is 14.7. The Morgan fingerprint density at radius 1 is 1.45 bits per heavy atom. The number of nitrogens with one attached hydrogen (secondary N) is 2. The van der Waals surface area contributed by atoms with Crippen molar-refractivity contribution >= 4 is 23.4 Å². The summed E-state index contributed by atoms with van der Waals surface area (Å²) in [6.45, 7) is 4.52. The molecule has 20 heavy (non-hydrogen) atoms. The van der Waals surface area contributed by atoms with Crippen molar-refractivity contribution in [1.82, 2.24) is 20.4 Å². The number of rotatable bonds is 3. The molecule has 0 aromatic heterocycles. The largest absolute Gasteiger partial charge is 0.379 e. The van der Waals surface area contributed by atoms with Crippen LogP contribution in [0.2, 0.25) is 0 Å². The predicted molar refractivity (Wildman–Crippen MR) is 74.0 cm³/mol. The van der Waals surface area contributed by atoms with E-state index >= 15 is 0 Å². The normalized spacial score (nSPS) is 29.9. The van der Waals surface area contributed by atoms with E-state index in [9.17, 15) is 14.7 Å². The lowest BCUT2D eigenvalue weighted by molar-refractivity contribution is -0.138. The van der Waals surface area contributed by atoms with E-state index in [1.807, 2.05) is 4.90 Å². The number of hydrogen-bond donors (Lipinski definition) is 3. The van der Waals surface area contributed by atoms with Crippen LogP contribution in [-0.4, -0.2) is 77.2 Å². The van der Waals surface area contributed by atoms with Gasteiger partial charge in [-0.05, 0) is 6.92 Å². The highest BCUT2D eigenvalue weighted by atomic mass is 35.5. The van der Waals surface area contributed by atoms with Gasteiger partial charge in [0.2, 0.25) is 11.8 Å². The van der Waals surface area contributed by atoms with E-state index in [-0.39, 0.29) is 23.7 Å². The Hall–Kier alpha value is -0.890. The van der Waals surface area contributed by atoms with Crippen LogP contribution in [0.15, 0.2) is 0 Å². The van der Waals surface area contributed by atoms with Gasteiger partial charge in [-0.2, -0.15) is 0 Å². The molecule has 2 rings (SSSR count). The highest BCUT2D eigenvalue weighted by Gasteiger charge is 2.31. The molecule has 8 heteroatoms. The summed E-state index contributed by atoms with van der Waals surface area (Å²) in [5.74, 6) is -0.244. The van der Waals surface area contributed by atoms with Gasteiger partial charge in [0.15, 0.2) is 0 Å². The molecule has 2 heterocycles. The van der Waals surface area contributed by atoms with Gasteiger partial charge in [-0.3, -0.25) is 19.8 Å². The Balaban J connectivity index is 1.82. The van der Waals surface area contributed by atoms with E-state index in [2.05, 4.69) is 10.6 Å². The molecule has 3 unspecified atom stereocenters. The number of hydrogen-bond acceptors (Lipinski definition) is 5. The first-order valence-corrected chi connectivity index (χ1v) is 7.28. The minimum Gasteiger partial charge on any atom is -0.379 e. The van der Waals surface area contributed by atoms with Gasteiger partial charge in [-0.25, -0.2) is 0 Å². The zero-order valence-electron chi connectivity index (χ0n) is 11.5. The third kappa shape index (κ3) is 3.82. The van der Waals surface area contributed by atoms with Crippen LogP contribution < -0.4 is 10.6 Å². The maximum Gasteiger partial charge on any atom is 0.237 e. The van der Waals surface area contributed by atoms with Crippen LogP contribution in [0, 0.1) is 0 Å². The first-order chi connectivity index (χ1) is 9.47. The molecular weight excluding hydrogens is 284 g/mol. The fourth-order valence-electron chi connectivity index (χ4n) is 2.47. The third-order valence-electron chi connectivity index (χ3n) is 3.73. The van der Waals surface area contributed by atoms with E-state index in [4.69, 9.17) is 11.6 Å². The molecule has 0 bridgehead atoms. The molecule has 0 aromatic rings. The van der Waals surface area contributed by atoms with Gasteiger partial charge in [-0.1, -0.05) is 0 Å². The fraction of sp³-hybridized carbons (Fsp3) is 0.833. The number of carbonyl (C=O) groups excluding carboxylic acids is 2. The molecule has 0 aliphatic carbocycles. The fourth-order valence-corrected chi connectivity index (χ4v) is 2.70. The van der Waals surface area contributed by atoms with Gasteiger partial charge >= 0.3 is 0 Å². The number of aliphatic hydroxyl groups is 1. The molecule has 114 valence electrons. The number of nitrogens with zero attached hydrogens (tertiary/aromatic N) is 2. The SMILES string of the molecule is CC(O)N1CCN(C(=O)CC2NC(Cl)CNC2=O)CC1. The predicted octanol–water partition coefficient (Wildman–Crippen LogP) is -1.49. The summed E-state index contributed by atoms with van der Waals surface area (Å²) in [6.07, 6.45) is -0.376. The van der Waals surface area contributed by atoms with E-state index < -0.39 is 12.3 Å². The molecule has 2 aliphatic rings. The van der Waals surface area contributed by atoms with Gasteiger partial charge < -0.3 is 15.3 Å². The molecule has 3 N–H and O–H groups in total. The maximum absolute atomic E-state index is 12.2. The first kappa shape index (κ1) is 15.5. The molecule has 0 aromatic carbocycles. The quantitative estimate of drug-likeness (QED) is 0.437. The monoisotopic (exact) mass is 304 g/mol. The summed E-state index contributed by atoms with van der Waals surface area (Å²) in [4.78, 5) is 27.5. The van der Waals surface area contributed by atoms with Crippen LogP contribution in [-0.2, 0) is 9.59 Å². The highest BCUT2D eigenvalue weighted by molar-refractivity contribution is 6.21. The average Bonchev–Trinajstić information content (AvgIpc) is 2.43. The Morgan fingerprint density at radius 3 is 2.70 bits per heavy atom. The van der Waals surface area contributed by atoms with E-state index in [0.29, 0.717) is 32.7 Å². The topological polar surface area (TPSA) is 84.9 Å². The number of alkyl halides is 1. The Labute approximate surface area is 123 Å². The molecule has 0 radical (unpaired) electrons. The van der Waals surface area contributed by atoms with E-state index in [1.54, 1.807) is 11.8 Å². The zero-order valence-corrected chi connectivity index (χ0v) is 12.3. The van der Waals surface area contributed by atoms with Gasteiger partial charge in [0.25, 0.3) is 0 Å². The summed E-state index contributed by atoms with van der Waals surface area (Å²) < 4.78 is 0. The van der Waals surface area contributed by atoms with Crippen LogP contribution in [0.5, 0.6) is 0 Å². The van der Waals surface area contributed by atoms with Crippen molar-refractivity contribution in [2.24, 2.45) is 0 Å². The second-order valence-corrected chi connectivity index (χ2v) is 5.71. The minimum atomic E-state index is -0.562. The number of piperazine rings is 2. The number of amides is 2. The second kappa shape index (κ2) is 6.71. The minimum absolute atomic E-state index is 0.0614. The summed E-state index contributed by atoms with van der Waals surface area (Å²) in [7, 11) is 0. The summed E-state index contributed by atoms with van der Waals surface area (Å²) >= 11 is 5.91. The lowest BCUT2D eigenvalue weighted by Crippen LogP contribution is -2.58. The van der Waals surface area contributed by atoms with Gasteiger partial charge in [0.05, 0.1) is 12.5 Å². The number of aliphatic hydroxyl groups excluding tert-OH is 1. The Morgan fingerprint density at radius 2 is 2.10 bits per heavy atom. The second-order valence-electron chi connectivity index (χ2n) is 5.18. The van der Waals surface area contributed by atoms with Crippen molar-refractivity contribution in [1.29, 1.82) is 0 Å². The average molecular weight is 305 g/mol. The first-order valence-electron chi connectivity index (χ1n) is 6.85. The smallest absolute Gasteiger partial charge is 0.237 e. The number of carbonyl (C=O) groups is 2. The summed E-state index contributed by atoms with van der Waals surface area (Å²) in [5, 5.41) is 15.1. The summed E-state index contributed by atoms with van der Waals surface area (Å²) in [5.41, 5.74) is -0.336. The lowest BCUT2D eigenvalue weighted by atomic mass is 10.1. The van der Waals surface area contributed by atoms with Crippen molar-refractivity contribution in [3.05, 3.63) is 0 Å². The Bertz CT molecular complexity index is 372. The molecule has 0 saturated carbocycles. The van der Waals surface area contributed by atoms with Crippen molar-refractivity contribution in [2.75, 3.05) is 32.7 Å². The van der Waals surface area contributed by atoms with Crippen molar-refractivity contribution < 1.29 is 14.7 Å². The van der Waals surface area contributed by atoms with Crippen molar-refractivity contribution in [2.45, 2.75) is 31.1 Å². The van der Waals surface area contributed by atoms with Crippen LogP contribution in [0.3, 0.4) is 0 Å². The maximum atomic E-state index is 12.2. The van der Waals surface area contributed by atoms with Gasteiger partial charge in [0, 0.05) is 32.7 Å². The van der Waals surface area contributed by atoms with Crippen LogP contribution >= 0.6 is 11.6 Å². The van der Waals surface area contributed by atoms with Gasteiger partial charge in [-0.15, -0.1) is 11.6 Å². The molecule has 3 atom stereocenters. The van der Waals surface area contributed by atoms with E-state index in [0.717, 1.165) is 0 Å². The van der Waals surface area contributed by atoms with Gasteiger partial charge in [0.1, 0.15) is 11.7 Å². The van der Waals surface area contributed by atoms with Crippen molar-refractivity contribution in [3.63, 3.8) is 0 Å². The molecule has 2 saturated heterocycles. The lowest BCUT2D eigenvalue weighted by Gasteiger charge is -2.37. The standard InChI is InChI=1S/C12H21ClN4O3/c1-8(18)16-2-4-17(5-3-16)11(19)6-9-12(20)14-7-10(13)15-9/h8-10,15,18H,2-7H2,1H3,(H,14,20). The Kier molecular flexibility index (Phi) is 5.20. The van der Waals surface area contributed by atoms with Crippen LogP contribution in [0.25, 0.3) is 0 Å². The van der Waals surface area contributed by atoms with Crippen LogP contribution in [0.4, 0.5) is 0 Å². The molecular formula is C12H21ClN4O3. The van der Waals surface area contributed by atoms with Crippen LogP contribution in [0.1, 0.15) is 13.3 Å². The molecule has 2 aliphatic heterocycles. The summed E-state index contributed by atoms with van der Waals surface area (Å²) in [6, 6.07) is -0.562. The third-order valence-corrected chi connectivity index (χ3v) is 4.01. The molecule has 0 spiro atoms. The highest BCUT2D eigenvalue weighted by Crippen LogP contribution is 2.09. The number of halogens is 1. The molecule has 2 fully saturated rings. The molecule has 7 nitrogen and oxygen atoms in total. The van der Waals surface area contributed by atoms with Crippen molar-refractivity contribution in [3.8, 4) is 0 Å².